The van der Waals surface area contributed by atoms with Gasteiger partial charge in [-0.15, -0.1) is 0 Å². The van der Waals surface area contributed by atoms with Crippen molar-refractivity contribution < 1.29 is 24.1 Å². The van der Waals surface area contributed by atoms with Crippen LogP contribution in [0.2, 0.25) is 0 Å². The minimum atomic E-state index is -0.901. The van der Waals surface area contributed by atoms with Gasteiger partial charge in [-0.3, -0.25) is 0 Å². The third-order valence-corrected chi connectivity index (χ3v) is 5.52. The Morgan fingerprint density at radius 1 is 1.21 bits per heavy atom. The van der Waals surface area contributed by atoms with Crippen molar-refractivity contribution in [2.24, 2.45) is 11.8 Å². The molecule has 29 heavy (non-hydrogen) atoms. The van der Waals surface area contributed by atoms with Gasteiger partial charge in [0.2, 0.25) is 0 Å². The molecule has 164 valence electrons. The van der Waals surface area contributed by atoms with Crippen LogP contribution in [-0.2, 0) is 19.0 Å². The average Bonchev–Trinajstić information content (AvgIpc) is 3.16. The molecule has 0 saturated carbocycles. The highest BCUT2D eigenvalue weighted by Gasteiger charge is 2.25. The van der Waals surface area contributed by atoms with Crippen molar-refractivity contribution in [2.75, 3.05) is 19.8 Å². The summed E-state index contributed by atoms with van der Waals surface area (Å²) in [4.78, 5) is 10.5. The van der Waals surface area contributed by atoms with Crippen molar-refractivity contribution in [1.29, 1.82) is 0 Å². The molecule has 2 rings (SSSR count). The van der Waals surface area contributed by atoms with Crippen molar-refractivity contribution in [2.45, 2.75) is 77.1 Å². The highest BCUT2D eigenvalue weighted by atomic mass is 16.7. The molecule has 0 aromatic rings. The van der Waals surface area contributed by atoms with E-state index in [0.717, 1.165) is 45.5 Å². The quantitative estimate of drug-likeness (QED) is 0.256. The Kier molecular flexibility index (Phi) is 12.0. The zero-order valence-electron chi connectivity index (χ0n) is 17.8. The molecule has 2 aliphatic heterocycles. The van der Waals surface area contributed by atoms with Crippen LogP contribution in [0.4, 0.5) is 0 Å². The predicted octanol–water partition coefficient (Wildman–Crippen LogP) is 5.27. The lowest BCUT2D eigenvalue weighted by atomic mass is 9.91. The normalized spacial score (nSPS) is 26.7. The topological polar surface area (TPSA) is 65.0 Å². The molecular weight excluding hydrogens is 368 g/mol. The molecule has 2 aliphatic rings. The second kappa shape index (κ2) is 14.5. The van der Waals surface area contributed by atoms with E-state index in [-0.39, 0.29) is 12.4 Å². The maximum atomic E-state index is 10.5. The average molecular weight is 407 g/mol. The van der Waals surface area contributed by atoms with Crippen molar-refractivity contribution in [3.63, 3.8) is 0 Å². The molecule has 5 nitrogen and oxygen atoms in total. The molecule has 1 N–H and O–H groups in total. The van der Waals surface area contributed by atoms with E-state index in [2.05, 4.69) is 25.2 Å². The summed E-state index contributed by atoms with van der Waals surface area (Å²) in [5.41, 5.74) is 0. The Labute approximate surface area is 175 Å². The van der Waals surface area contributed by atoms with Gasteiger partial charge < -0.3 is 19.3 Å². The summed E-state index contributed by atoms with van der Waals surface area (Å²) in [5, 5.41) is 8.60. The predicted molar refractivity (Wildman–Crippen MR) is 115 cm³/mol. The lowest BCUT2D eigenvalue weighted by Gasteiger charge is -2.26. The number of carboxylic acid groups (broad SMARTS) is 1. The molecule has 0 amide bonds. The van der Waals surface area contributed by atoms with E-state index in [0.29, 0.717) is 18.3 Å². The van der Waals surface area contributed by atoms with Crippen LogP contribution in [0.25, 0.3) is 0 Å². The number of rotatable bonds is 13. The second-order valence-corrected chi connectivity index (χ2v) is 8.00. The summed E-state index contributed by atoms with van der Waals surface area (Å²) in [6.07, 6.45) is 21.1. The van der Waals surface area contributed by atoms with E-state index < -0.39 is 5.97 Å². The number of aliphatic carboxylic acids is 1. The summed E-state index contributed by atoms with van der Waals surface area (Å²) in [6, 6.07) is 0. The Morgan fingerprint density at radius 2 is 2.10 bits per heavy atom. The van der Waals surface area contributed by atoms with Crippen LogP contribution in [0.1, 0.15) is 64.7 Å². The van der Waals surface area contributed by atoms with E-state index in [9.17, 15) is 4.79 Å². The lowest BCUT2D eigenvalue weighted by molar-refractivity contribution is -0.179. The number of carbonyl (C=O) groups is 1. The first kappa shape index (κ1) is 23.8. The molecule has 5 heteroatoms. The standard InChI is InChI=1S/C24H38O5/c1-2-3-6-12-22(29-24-14-9-10-17-28-24)16-15-21-19-27-18-20(21)11-7-4-5-8-13-23(25)26/h4,7-8,13,15-16,20-22,24H,2-3,5-6,9-12,14,17-19H2,1H3,(H,25,26)/b7-4?,13-8-,16-15+/t20-,21+,22?,24?/m1/s1. The van der Waals surface area contributed by atoms with Gasteiger partial charge in [0, 0.05) is 18.6 Å². The van der Waals surface area contributed by atoms with Crippen LogP contribution in [0.3, 0.4) is 0 Å². The molecule has 2 saturated heterocycles. The molecule has 0 aliphatic carbocycles. The Balaban J connectivity index is 1.82. The molecule has 4 atom stereocenters. The highest BCUT2D eigenvalue weighted by Crippen LogP contribution is 2.27. The molecule has 0 bridgehead atoms. The van der Waals surface area contributed by atoms with Crippen molar-refractivity contribution in [3.05, 3.63) is 36.5 Å². The first-order valence-corrected chi connectivity index (χ1v) is 11.3. The van der Waals surface area contributed by atoms with Crippen molar-refractivity contribution in [1.82, 2.24) is 0 Å². The summed E-state index contributed by atoms with van der Waals surface area (Å²) >= 11 is 0. The maximum absolute atomic E-state index is 10.5. The van der Waals surface area contributed by atoms with Gasteiger partial charge in [-0.2, -0.15) is 0 Å². The van der Waals surface area contributed by atoms with Crippen LogP contribution in [0, 0.1) is 11.8 Å². The summed E-state index contributed by atoms with van der Waals surface area (Å²) in [6.45, 7) is 4.57. The van der Waals surface area contributed by atoms with Crippen molar-refractivity contribution in [3.8, 4) is 0 Å². The van der Waals surface area contributed by atoms with E-state index >= 15 is 0 Å². The minimum absolute atomic E-state index is 0.0579. The van der Waals surface area contributed by atoms with Crippen molar-refractivity contribution >= 4 is 5.97 Å². The number of unbranched alkanes of at least 4 members (excludes halogenated alkanes) is 2. The third-order valence-electron chi connectivity index (χ3n) is 5.52. The van der Waals surface area contributed by atoms with E-state index in [1.165, 1.54) is 31.8 Å². The van der Waals surface area contributed by atoms with Gasteiger partial charge in [0.05, 0.1) is 19.3 Å². The lowest BCUT2D eigenvalue weighted by Crippen LogP contribution is -2.27. The van der Waals surface area contributed by atoms with Gasteiger partial charge in [-0.25, -0.2) is 4.79 Å². The maximum Gasteiger partial charge on any atom is 0.327 e. The Hall–Kier alpha value is -1.43. The largest absolute Gasteiger partial charge is 0.478 e. The van der Waals surface area contributed by atoms with Crippen LogP contribution >= 0.6 is 0 Å². The number of hydrogen-bond donors (Lipinski definition) is 1. The van der Waals surface area contributed by atoms with E-state index in [1.807, 2.05) is 6.08 Å². The molecular formula is C24H38O5. The summed E-state index contributed by atoms with van der Waals surface area (Å²) in [7, 11) is 0. The van der Waals surface area contributed by atoms with Gasteiger partial charge in [0.1, 0.15) is 0 Å². The number of allylic oxidation sites excluding steroid dienone is 3. The zero-order valence-corrected chi connectivity index (χ0v) is 17.8. The second-order valence-electron chi connectivity index (χ2n) is 8.00. The molecule has 2 heterocycles. The molecule has 0 aromatic heterocycles. The summed E-state index contributed by atoms with van der Waals surface area (Å²) in [5.74, 6) is -0.0333. The fourth-order valence-electron chi connectivity index (χ4n) is 3.77. The fraction of sp³-hybridized carbons (Fsp3) is 0.708. The van der Waals surface area contributed by atoms with Gasteiger partial charge in [-0.05, 0) is 44.4 Å². The SMILES string of the molecule is CCCCCC(/C=C/[C@H]1COC[C@H]1CC=CC/C=C\C(=O)O)OC1CCCCO1. The highest BCUT2D eigenvalue weighted by molar-refractivity contribution is 5.79. The van der Waals surface area contributed by atoms with Crippen LogP contribution in [0.15, 0.2) is 36.5 Å². The Bertz CT molecular complexity index is 533. The zero-order chi connectivity index (χ0) is 20.7. The molecule has 2 unspecified atom stereocenters. The van der Waals surface area contributed by atoms with E-state index in [1.54, 1.807) is 6.08 Å². The molecule has 2 fully saturated rings. The number of carboxylic acids is 1. The van der Waals surface area contributed by atoms with Gasteiger partial charge in [0.15, 0.2) is 6.29 Å². The fourth-order valence-corrected chi connectivity index (χ4v) is 3.77. The molecule has 0 aromatic carbocycles. The monoisotopic (exact) mass is 406 g/mol. The van der Waals surface area contributed by atoms with Crippen LogP contribution in [-0.4, -0.2) is 43.3 Å². The van der Waals surface area contributed by atoms with E-state index in [4.69, 9.17) is 19.3 Å². The molecule has 0 spiro atoms. The first-order valence-electron chi connectivity index (χ1n) is 11.3. The first-order chi connectivity index (χ1) is 14.2. The van der Waals surface area contributed by atoms with Gasteiger partial charge >= 0.3 is 5.97 Å². The number of ether oxygens (including phenoxy) is 3. The number of hydrogen-bond acceptors (Lipinski definition) is 4. The Morgan fingerprint density at radius 3 is 2.86 bits per heavy atom. The van der Waals surface area contributed by atoms with Crippen LogP contribution in [0.5, 0.6) is 0 Å². The summed E-state index contributed by atoms with van der Waals surface area (Å²) < 4.78 is 17.8. The van der Waals surface area contributed by atoms with Gasteiger partial charge in [-0.1, -0.05) is 56.6 Å². The minimum Gasteiger partial charge on any atom is -0.478 e. The van der Waals surface area contributed by atoms with Gasteiger partial charge in [0.25, 0.3) is 0 Å². The smallest absolute Gasteiger partial charge is 0.327 e. The van der Waals surface area contributed by atoms with Crippen LogP contribution < -0.4 is 0 Å². The molecule has 0 radical (unpaired) electrons. The third kappa shape index (κ3) is 10.2.